The molecule has 2 heterocycles. The Morgan fingerprint density at radius 2 is 2.05 bits per heavy atom. The van der Waals surface area contributed by atoms with Crippen LogP contribution in [0.15, 0.2) is 28.8 Å². The summed E-state index contributed by atoms with van der Waals surface area (Å²) in [4.78, 5) is 4.43. The molecule has 0 bridgehead atoms. The molecule has 3 rings (SSSR count). The summed E-state index contributed by atoms with van der Waals surface area (Å²) >= 11 is 0. The van der Waals surface area contributed by atoms with E-state index in [0.29, 0.717) is 18.1 Å². The van der Waals surface area contributed by atoms with Gasteiger partial charge in [-0.15, -0.1) is 0 Å². The minimum absolute atomic E-state index is 0.0397. The molecule has 2 aromatic rings. The van der Waals surface area contributed by atoms with Crippen LogP contribution in [0.4, 0.5) is 0 Å². The first-order valence-corrected chi connectivity index (χ1v) is 6.85. The summed E-state index contributed by atoms with van der Waals surface area (Å²) in [6, 6.07) is 7.86. The monoisotopic (exact) mass is 274 g/mol. The first-order chi connectivity index (χ1) is 9.74. The number of nitrogens with zero attached hydrogens (tertiary/aromatic N) is 2. The number of methoxy groups -OCH3 is 1. The number of hydrogen-bond donors (Lipinski definition) is 0. The molecule has 0 saturated carbocycles. The van der Waals surface area contributed by atoms with Crippen molar-refractivity contribution in [3.63, 3.8) is 0 Å². The average Bonchev–Trinajstić information content (AvgIpc) is 3.09. The van der Waals surface area contributed by atoms with Gasteiger partial charge in [-0.25, -0.2) is 0 Å². The van der Waals surface area contributed by atoms with E-state index in [2.05, 4.69) is 17.1 Å². The van der Waals surface area contributed by atoms with Crippen LogP contribution in [-0.4, -0.2) is 23.4 Å². The maximum absolute atomic E-state index is 5.73. The fourth-order valence-corrected chi connectivity index (χ4v) is 2.38. The van der Waals surface area contributed by atoms with Crippen molar-refractivity contribution in [1.82, 2.24) is 10.1 Å². The quantitative estimate of drug-likeness (QED) is 0.858. The third-order valence-corrected chi connectivity index (χ3v) is 3.51. The average molecular weight is 274 g/mol. The SMILES string of the molecule is COc1ccc(Cc2noc(C3CCC(C)O3)n2)cc1. The van der Waals surface area contributed by atoms with E-state index in [-0.39, 0.29) is 12.2 Å². The minimum Gasteiger partial charge on any atom is -0.497 e. The molecule has 0 N–H and O–H groups in total. The highest BCUT2D eigenvalue weighted by Crippen LogP contribution is 2.31. The third kappa shape index (κ3) is 2.82. The molecular weight excluding hydrogens is 256 g/mol. The van der Waals surface area contributed by atoms with E-state index in [9.17, 15) is 0 Å². The van der Waals surface area contributed by atoms with Gasteiger partial charge in [0.2, 0.25) is 0 Å². The summed E-state index contributed by atoms with van der Waals surface area (Å²) in [6.45, 7) is 2.06. The summed E-state index contributed by atoms with van der Waals surface area (Å²) in [6.07, 6.45) is 2.88. The van der Waals surface area contributed by atoms with Gasteiger partial charge in [0.15, 0.2) is 5.82 Å². The lowest BCUT2D eigenvalue weighted by Gasteiger charge is -2.04. The Morgan fingerprint density at radius 3 is 2.70 bits per heavy atom. The van der Waals surface area contributed by atoms with Crippen molar-refractivity contribution in [2.45, 2.75) is 38.4 Å². The Hall–Kier alpha value is -1.88. The standard InChI is InChI=1S/C15H18N2O3/c1-10-3-8-13(19-10)15-16-14(17-20-15)9-11-4-6-12(18-2)7-5-11/h4-7,10,13H,3,8-9H2,1-2H3. The van der Waals surface area contributed by atoms with Crippen molar-refractivity contribution in [1.29, 1.82) is 0 Å². The molecule has 1 aromatic carbocycles. The zero-order valence-corrected chi connectivity index (χ0v) is 11.7. The summed E-state index contributed by atoms with van der Waals surface area (Å²) in [5.74, 6) is 2.13. The molecule has 5 heteroatoms. The Bertz CT molecular complexity index is 565. The van der Waals surface area contributed by atoms with Crippen molar-refractivity contribution < 1.29 is 14.0 Å². The normalized spacial score (nSPS) is 22.1. The molecule has 5 nitrogen and oxygen atoms in total. The Kier molecular flexibility index (Phi) is 3.69. The fourth-order valence-electron chi connectivity index (χ4n) is 2.38. The summed E-state index contributed by atoms with van der Waals surface area (Å²) < 4.78 is 16.2. The van der Waals surface area contributed by atoms with E-state index >= 15 is 0 Å². The van der Waals surface area contributed by atoms with Crippen molar-refractivity contribution in [2.24, 2.45) is 0 Å². The van der Waals surface area contributed by atoms with Crippen LogP contribution in [0.2, 0.25) is 0 Å². The molecule has 1 aromatic heterocycles. The molecule has 0 aliphatic carbocycles. The molecule has 2 unspecified atom stereocenters. The number of rotatable bonds is 4. The van der Waals surface area contributed by atoms with Gasteiger partial charge in [-0.2, -0.15) is 4.98 Å². The molecule has 0 radical (unpaired) electrons. The predicted octanol–water partition coefficient (Wildman–Crippen LogP) is 2.91. The van der Waals surface area contributed by atoms with Crippen molar-refractivity contribution >= 4 is 0 Å². The van der Waals surface area contributed by atoms with Gasteiger partial charge in [-0.05, 0) is 37.5 Å². The molecule has 0 spiro atoms. The van der Waals surface area contributed by atoms with Gasteiger partial charge in [0.05, 0.1) is 13.2 Å². The lowest BCUT2D eigenvalue weighted by molar-refractivity contribution is 0.0355. The van der Waals surface area contributed by atoms with Crippen LogP contribution in [0.1, 0.15) is 43.1 Å². The van der Waals surface area contributed by atoms with Gasteiger partial charge >= 0.3 is 0 Å². The van der Waals surface area contributed by atoms with Crippen molar-refractivity contribution in [3.8, 4) is 5.75 Å². The Balaban J connectivity index is 1.67. The van der Waals surface area contributed by atoms with Crippen LogP contribution in [0.3, 0.4) is 0 Å². The smallest absolute Gasteiger partial charge is 0.255 e. The minimum atomic E-state index is -0.0397. The van der Waals surface area contributed by atoms with E-state index < -0.39 is 0 Å². The van der Waals surface area contributed by atoms with Gasteiger partial charge in [0.1, 0.15) is 11.9 Å². The lowest BCUT2D eigenvalue weighted by Crippen LogP contribution is -2.01. The van der Waals surface area contributed by atoms with Crippen LogP contribution < -0.4 is 4.74 Å². The molecule has 1 saturated heterocycles. The van der Waals surface area contributed by atoms with Crippen molar-refractivity contribution in [3.05, 3.63) is 41.5 Å². The van der Waals surface area contributed by atoms with E-state index in [4.69, 9.17) is 14.0 Å². The Morgan fingerprint density at radius 1 is 1.25 bits per heavy atom. The molecule has 0 amide bonds. The Labute approximate surface area is 117 Å². The van der Waals surface area contributed by atoms with Crippen LogP contribution in [0, 0.1) is 0 Å². The highest BCUT2D eigenvalue weighted by molar-refractivity contribution is 5.28. The van der Waals surface area contributed by atoms with E-state index in [1.807, 2.05) is 24.3 Å². The summed E-state index contributed by atoms with van der Waals surface area (Å²) in [5.41, 5.74) is 1.12. The number of aromatic nitrogens is 2. The molecule has 2 atom stereocenters. The molecular formula is C15H18N2O3. The molecule has 1 fully saturated rings. The number of ether oxygens (including phenoxy) is 2. The molecule has 20 heavy (non-hydrogen) atoms. The first kappa shape index (κ1) is 13.1. The largest absolute Gasteiger partial charge is 0.497 e. The second kappa shape index (κ2) is 5.63. The number of hydrogen-bond acceptors (Lipinski definition) is 5. The van der Waals surface area contributed by atoms with Gasteiger partial charge in [-0.3, -0.25) is 0 Å². The van der Waals surface area contributed by atoms with Crippen LogP contribution in [0.25, 0.3) is 0 Å². The second-order valence-corrected chi connectivity index (χ2v) is 5.09. The maximum Gasteiger partial charge on any atom is 0.255 e. The van der Waals surface area contributed by atoms with E-state index in [1.54, 1.807) is 7.11 Å². The van der Waals surface area contributed by atoms with Crippen LogP contribution in [0.5, 0.6) is 5.75 Å². The molecule has 1 aliphatic rings. The first-order valence-electron chi connectivity index (χ1n) is 6.85. The summed E-state index contributed by atoms with van der Waals surface area (Å²) in [5, 5.41) is 4.03. The summed E-state index contributed by atoms with van der Waals surface area (Å²) in [7, 11) is 1.66. The van der Waals surface area contributed by atoms with Gasteiger partial charge < -0.3 is 14.0 Å². The van der Waals surface area contributed by atoms with Gasteiger partial charge in [0.25, 0.3) is 5.89 Å². The lowest BCUT2D eigenvalue weighted by atomic mass is 10.1. The second-order valence-electron chi connectivity index (χ2n) is 5.09. The highest BCUT2D eigenvalue weighted by Gasteiger charge is 2.28. The topological polar surface area (TPSA) is 57.4 Å². The predicted molar refractivity (Wildman–Crippen MR) is 72.6 cm³/mol. The van der Waals surface area contributed by atoms with E-state index in [0.717, 1.165) is 24.2 Å². The zero-order valence-electron chi connectivity index (χ0n) is 11.7. The third-order valence-electron chi connectivity index (χ3n) is 3.51. The van der Waals surface area contributed by atoms with Crippen LogP contribution >= 0.6 is 0 Å². The van der Waals surface area contributed by atoms with Crippen molar-refractivity contribution in [2.75, 3.05) is 7.11 Å². The van der Waals surface area contributed by atoms with E-state index in [1.165, 1.54) is 0 Å². The van der Waals surface area contributed by atoms with Crippen LogP contribution in [-0.2, 0) is 11.2 Å². The molecule has 106 valence electrons. The van der Waals surface area contributed by atoms with Gasteiger partial charge in [0, 0.05) is 6.42 Å². The fraction of sp³-hybridized carbons (Fsp3) is 0.467. The number of benzene rings is 1. The van der Waals surface area contributed by atoms with Gasteiger partial charge in [-0.1, -0.05) is 17.3 Å². The zero-order chi connectivity index (χ0) is 13.9. The highest BCUT2D eigenvalue weighted by atomic mass is 16.5. The maximum atomic E-state index is 5.73. The molecule has 1 aliphatic heterocycles.